The maximum atomic E-state index is 14.0. The number of rotatable bonds is 7. The van der Waals surface area contributed by atoms with Gasteiger partial charge in [0.2, 0.25) is 5.91 Å². The van der Waals surface area contributed by atoms with Crippen molar-refractivity contribution in [3.8, 4) is 5.75 Å². The number of nitrogens with one attached hydrogen (secondary N) is 1. The molecule has 0 saturated carbocycles. The summed E-state index contributed by atoms with van der Waals surface area (Å²) in [6.45, 7) is 1.32. The third-order valence-electron chi connectivity index (χ3n) is 3.89. The van der Waals surface area contributed by atoms with Gasteiger partial charge in [-0.1, -0.05) is 34.1 Å². The van der Waals surface area contributed by atoms with Gasteiger partial charge in [-0.25, -0.2) is 4.39 Å². The van der Waals surface area contributed by atoms with E-state index in [0.717, 1.165) is 4.47 Å². The average Bonchev–Trinajstić information content (AvgIpc) is 2.65. The highest BCUT2D eigenvalue weighted by atomic mass is 79.9. The van der Waals surface area contributed by atoms with Crippen LogP contribution in [0.3, 0.4) is 0 Å². The first kappa shape index (κ1) is 19.9. The molecule has 0 aliphatic carbocycles. The van der Waals surface area contributed by atoms with Gasteiger partial charge in [0, 0.05) is 23.6 Å². The summed E-state index contributed by atoms with van der Waals surface area (Å²) < 4.78 is 20.4. The summed E-state index contributed by atoms with van der Waals surface area (Å²) in [6, 6.07) is 12.4. The van der Waals surface area contributed by atoms with Crippen LogP contribution < -0.4 is 10.1 Å². The third-order valence-corrected chi connectivity index (χ3v) is 4.42. The van der Waals surface area contributed by atoms with Crippen molar-refractivity contribution in [1.29, 1.82) is 0 Å². The monoisotopic (exact) mass is 422 g/mol. The highest BCUT2D eigenvalue weighted by Gasteiger charge is 2.26. The van der Waals surface area contributed by atoms with Gasteiger partial charge < -0.3 is 15.0 Å². The van der Waals surface area contributed by atoms with Crippen LogP contribution in [-0.2, 0) is 16.1 Å². The molecule has 0 heterocycles. The molecule has 0 radical (unpaired) electrons. The zero-order valence-corrected chi connectivity index (χ0v) is 16.1. The fraction of sp³-hybridized carbons (Fsp3) is 0.263. The fourth-order valence-corrected chi connectivity index (χ4v) is 2.62. The number of likely N-dealkylation sites (N-methyl/N-ethyl adjacent to an activating group) is 1. The lowest BCUT2D eigenvalue weighted by Gasteiger charge is -2.28. The first-order valence-electron chi connectivity index (χ1n) is 8.05. The van der Waals surface area contributed by atoms with Crippen LogP contribution in [0.4, 0.5) is 4.39 Å². The molecule has 2 amide bonds. The predicted molar refractivity (Wildman–Crippen MR) is 100 cm³/mol. The van der Waals surface area contributed by atoms with Gasteiger partial charge >= 0.3 is 0 Å². The van der Waals surface area contributed by atoms with E-state index in [9.17, 15) is 14.0 Å². The van der Waals surface area contributed by atoms with E-state index in [2.05, 4.69) is 21.2 Å². The van der Waals surface area contributed by atoms with Crippen molar-refractivity contribution in [2.45, 2.75) is 19.5 Å². The van der Waals surface area contributed by atoms with Crippen LogP contribution >= 0.6 is 15.9 Å². The summed E-state index contributed by atoms with van der Waals surface area (Å²) in [5, 5.41) is 2.51. The molecule has 0 unspecified atom stereocenters. The molecule has 5 nitrogen and oxygen atoms in total. The van der Waals surface area contributed by atoms with Crippen LogP contribution in [0, 0.1) is 5.82 Å². The molecule has 2 rings (SSSR count). The first-order valence-corrected chi connectivity index (χ1v) is 8.84. The molecule has 138 valence electrons. The lowest BCUT2D eigenvalue weighted by molar-refractivity contribution is -0.142. The second kappa shape index (κ2) is 9.33. The standard InChI is InChI=1S/C19H20BrFN2O3/c1-13(19(25)22-2)23(11-14-5-3-4-6-17(14)21)18(24)12-26-16-9-7-15(20)8-10-16/h3-10,13H,11-12H2,1-2H3,(H,22,25)/t13-/m0/s1. The summed E-state index contributed by atoms with van der Waals surface area (Å²) in [5.41, 5.74) is 0.334. The van der Waals surface area contributed by atoms with Crippen LogP contribution in [0.15, 0.2) is 53.0 Å². The molecule has 2 aromatic carbocycles. The van der Waals surface area contributed by atoms with Gasteiger partial charge in [-0.2, -0.15) is 0 Å². The first-order chi connectivity index (χ1) is 12.4. The highest BCUT2D eigenvalue weighted by molar-refractivity contribution is 9.10. The number of hydrogen-bond donors (Lipinski definition) is 1. The Balaban J connectivity index is 2.13. The van der Waals surface area contributed by atoms with E-state index in [1.54, 1.807) is 49.4 Å². The molecule has 1 N–H and O–H groups in total. The summed E-state index contributed by atoms with van der Waals surface area (Å²) in [5.74, 6) is -0.645. The van der Waals surface area contributed by atoms with Gasteiger partial charge in [-0.05, 0) is 37.3 Å². The Kier molecular flexibility index (Phi) is 7.15. The van der Waals surface area contributed by atoms with Crippen molar-refractivity contribution in [1.82, 2.24) is 10.2 Å². The Morgan fingerprint density at radius 3 is 2.46 bits per heavy atom. The van der Waals surface area contributed by atoms with E-state index in [1.165, 1.54) is 18.0 Å². The third kappa shape index (κ3) is 5.29. The number of hydrogen-bond acceptors (Lipinski definition) is 3. The summed E-state index contributed by atoms with van der Waals surface area (Å²) >= 11 is 3.32. The van der Waals surface area contributed by atoms with Gasteiger partial charge in [0.05, 0.1) is 0 Å². The molecule has 0 spiro atoms. The van der Waals surface area contributed by atoms with Crippen molar-refractivity contribution in [3.05, 3.63) is 64.4 Å². The van der Waals surface area contributed by atoms with Crippen molar-refractivity contribution < 1.29 is 18.7 Å². The van der Waals surface area contributed by atoms with Crippen LogP contribution in [-0.4, -0.2) is 36.4 Å². The molecule has 26 heavy (non-hydrogen) atoms. The minimum Gasteiger partial charge on any atom is -0.484 e. The smallest absolute Gasteiger partial charge is 0.261 e. The molecule has 0 aliphatic rings. The van der Waals surface area contributed by atoms with E-state index in [-0.39, 0.29) is 19.1 Å². The lowest BCUT2D eigenvalue weighted by Crippen LogP contribution is -2.48. The Morgan fingerprint density at radius 1 is 1.19 bits per heavy atom. The second-order valence-corrected chi connectivity index (χ2v) is 6.56. The quantitative estimate of drug-likeness (QED) is 0.745. The zero-order valence-electron chi connectivity index (χ0n) is 14.5. The van der Waals surface area contributed by atoms with Crippen LogP contribution in [0.5, 0.6) is 5.75 Å². The summed E-state index contributed by atoms with van der Waals surface area (Å²) in [7, 11) is 1.49. The minimum absolute atomic E-state index is 0.0240. The number of carbonyl (C=O) groups excluding carboxylic acids is 2. The second-order valence-electron chi connectivity index (χ2n) is 5.65. The molecule has 0 saturated heterocycles. The average molecular weight is 423 g/mol. The van der Waals surface area contributed by atoms with Gasteiger partial charge in [0.1, 0.15) is 17.6 Å². The fourth-order valence-electron chi connectivity index (χ4n) is 2.36. The SMILES string of the molecule is CNC(=O)[C@H](C)N(Cc1ccccc1F)C(=O)COc1ccc(Br)cc1. The minimum atomic E-state index is -0.763. The number of halogens is 2. The van der Waals surface area contributed by atoms with E-state index < -0.39 is 17.8 Å². The normalized spacial score (nSPS) is 11.5. The topological polar surface area (TPSA) is 58.6 Å². The van der Waals surface area contributed by atoms with Gasteiger partial charge in [0.25, 0.3) is 5.91 Å². The van der Waals surface area contributed by atoms with Gasteiger partial charge in [-0.15, -0.1) is 0 Å². The Hall–Kier alpha value is -2.41. The van der Waals surface area contributed by atoms with E-state index >= 15 is 0 Å². The lowest BCUT2D eigenvalue weighted by atomic mass is 10.1. The number of benzene rings is 2. The maximum Gasteiger partial charge on any atom is 0.261 e. The maximum absolute atomic E-state index is 14.0. The van der Waals surface area contributed by atoms with Gasteiger partial charge in [-0.3, -0.25) is 9.59 Å². The highest BCUT2D eigenvalue weighted by Crippen LogP contribution is 2.17. The molecule has 2 aromatic rings. The number of nitrogens with zero attached hydrogens (tertiary/aromatic N) is 1. The zero-order chi connectivity index (χ0) is 19.1. The Morgan fingerprint density at radius 2 is 1.85 bits per heavy atom. The Labute approximate surface area is 160 Å². The van der Waals surface area contributed by atoms with E-state index in [1.807, 2.05) is 0 Å². The molecule has 0 aromatic heterocycles. The largest absolute Gasteiger partial charge is 0.484 e. The molecule has 0 fully saturated rings. The number of amides is 2. The van der Waals surface area contributed by atoms with E-state index in [0.29, 0.717) is 11.3 Å². The number of carbonyl (C=O) groups is 2. The Bertz CT molecular complexity index is 768. The van der Waals surface area contributed by atoms with Crippen molar-refractivity contribution in [2.24, 2.45) is 0 Å². The van der Waals surface area contributed by atoms with Crippen LogP contribution in [0.2, 0.25) is 0 Å². The van der Waals surface area contributed by atoms with Gasteiger partial charge in [0.15, 0.2) is 6.61 Å². The molecule has 0 bridgehead atoms. The van der Waals surface area contributed by atoms with E-state index in [4.69, 9.17) is 4.74 Å². The molecule has 1 atom stereocenters. The molecule has 0 aliphatic heterocycles. The molecular weight excluding hydrogens is 403 g/mol. The summed E-state index contributed by atoms with van der Waals surface area (Å²) in [6.07, 6.45) is 0. The number of ether oxygens (including phenoxy) is 1. The predicted octanol–water partition coefficient (Wildman–Crippen LogP) is 3.13. The molecular formula is C19H20BrFN2O3. The summed E-state index contributed by atoms with van der Waals surface area (Å²) in [4.78, 5) is 26.0. The van der Waals surface area contributed by atoms with Crippen LogP contribution in [0.25, 0.3) is 0 Å². The van der Waals surface area contributed by atoms with Crippen molar-refractivity contribution in [3.63, 3.8) is 0 Å². The molecule has 7 heteroatoms. The van der Waals surface area contributed by atoms with Crippen LogP contribution in [0.1, 0.15) is 12.5 Å². The van der Waals surface area contributed by atoms with Crippen molar-refractivity contribution in [2.75, 3.05) is 13.7 Å². The van der Waals surface area contributed by atoms with Crippen molar-refractivity contribution >= 4 is 27.7 Å².